The molecule has 9 heteroatoms. The van der Waals surface area contributed by atoms with E-state index in [-0.39, 0.29) is 21.6 Å². The van der Waals surface area contributed by atoms with Crippen LogP contribution >= 0.6 is 23.4 Å². The second-order valence-electron chi connectivity index (χ2n) is 5.93. The number of nitrogens with zero attached hydrogens (tertiary/aromatic N) is 3. The number of pyridine rings is 1. The Bertz CT molecular complexity index is 986. The summed E-state index contributed by atoms with van der Waals surface area (Å²) in [6.45, 7) is 3.70. The van der Waals surface area contributed by atoms with E-state index in [0.717, 1.165) is 36.0 Å². The van der Waals surface area contributed by atoms with Crippen LogP contribution in [0.2, 0.25) is 5.02 Å². The maximum Gasteiger partial charge on any atom is 0.417 e. The van der Waals surface area contributed by atoms with Crippen molar-refractivity contribution >= 4 is 34.8 Å². The molecule has 0 saturated heterocycles. The van der Waals surface area contributed by atoms with Gasteiger partial charge in [0.25, 0.3) is 0 Å². The van der Waals surface area contributed by atoms with Gasteiger partial charge in [0, 0.05) is 11.8 Å². The Balaban J connectivity index is 1.89. The molecule has 0 aliphatic heterocycles. The van der Waals surface area contributed by atoms with Gasteiger partial charge in [-0.3, -0.25) is 9.20 Å². The molecule has 0 saturated carbocycles. The van der Waals surface area contributed by atoms with Crippen LogP contribution in [0.4, 0.5) is 13.2 Å². The van der Waals surface area contributed by atoms with E-state index in [4.69, 9.17) is 11.6 Å². The Morgan fingerprint density at radius 3 is 2.52 bits per heavy atom. The second-order valence-corrected chi connectivity index (χ2v) is 7.64. The predicted molar refractivity (Wildman–Crippen MR) is 98.5 cm³/mol. The molecule has 0 spiro atoms. The van der Waals surface area contributed by atoms with Crippen LogP contribution in [0.5, 0.6) is 0 Å². The zero-order chi connectivity index (χ0) is 19.8. The van der Waals surface area contributed by atoms with E-state index in [1.165, 1.54) is 4.40 Å². The van der Waals surface area contributed by atoms with Crippen LogP contribution in [0.25, 0.3) is 5.65 Å². The van der Waals surface area contributed by atoms with Crippen molar-refractivity contribution in [3.05, 3.63) is 58.2 Å². The fourth-order valence-electron chi connectivity index (χ4n) is 2.52. The van der Waals surface area contributed by atoms with Crippen molar-refractivity contribution in [3.63, 3.8) is 0 Å². The number of fused-ring (bicyclic) bond motifs is 1. The summed E-state index contributed by atoms with van der Waals surface area (Å²) in [4.78, 5) is 12.6. The van der Waals surface area contributed by atoms with Gasteiger partial charge in [-0.05, 0) is 25.0 Å². The number of Topliss-reactive ketones (excluding diaryl/α,β-unsaturated/α-hetero) is 1. The Hall–Kier alpha value is -2.06. The average molecular weight is 414 g/mol. The minimum absolute atomic E-state index is 0.110. The van der Waals surface area contributed by atoms with Gasteiger partial charge in [-0.15, -0.1) is 10.2 Å². The standard InChI is InChI=1S/C18H15ClF3N3OS/c1-3-11-4-6-12(7-5-11)15(26)10(2)27-17-24-23-16-14(19)8-13(9-25(16)17)18(20,21)22/h4-10H,3H2,1-2H3. The summed E-state index contributed by atoms with van der Waals surface area (Å²) < 4.78 is 40.3. The minimum atomic E-state index is -4.55. The molecule has 0 bridgehead atoms. The first kappa shape index (κ1) is 19.7. The maximum absolute atomic E-state index is 13.0. The molecule has 3 rings (SSSR count). The van der Waals surface area contributed by atoms with Crippen molar-refractivity contribution in [2.45, 2.75) is 36.9 Å². The molecule has 3 aromatic rings. The fourth-order valence-corrected chi connectivity index (χ4v) is 3.67. The van der Waals surface area contributed by atoms with E-state index in [2.05, 4.69) is 10.2 Å². The highest BCUT2D eigenvalue weighted by molar-refractivity contribution is 8.00. The van der Waals surface area contributed by atoms with Gasteiger partial charge in [-0.2, -0.15) is 13.2 Å². The zero-order valence-electron chi connectivity index (χ0n) is 14.4. The van der Waals surface area contributed by atoms with Crippen molar-refractivity contribution in [2.24, 2.45) is 0 Å². The van der Waals surface area contributed by atoms with Gasteiger partial charge < -0.3 is 0 Å². The highest BCUT2D eigenvalue weighted by Crippen LogP contribution is 2.34. The lowest BCUT2D eigenvalue weighted by atomic mass is 10.1. The molecule has 0 N–H and O–H groups in total. The SMILES string of the molecule is CCc1ccc(C(=O)C(C)Sc2nnc3c(Cl)cc(C(F)(F)F)cn23)cc1. The normalized spacial score (nSPS) is 13.1. The molecule has 4 nitrogen and oxygen atoms in total. The second kappa shape index (κ2) is 7.52. The van der Waals surface area contributed by atoms with Gasteiger partial charge in [0.1, 0.15) is 0 Å². The lowest BCUT2D eigenvalue weighted by Crippen LogP contribution is -2.14. The molecular weight excluding hydrogens is 399 g/mol. The number of hydrogen-bond acceptors (Lipinski definition) is 4. The molecule has 27 heavy (non-hydrogen) atoms. The minimum Gasteiger partial charge on any atom is -0.293 e. The van der Waals surface area contributed by atoms with Crippen LogP contribution < -0.4 is 0 Å². The number of aryl methyl sites for hydroxylation is 1. The molecule has 0 amide bonds. The first-order valence-electron chi connectivity index (χ1n) is 8.12. The lowest BCUT2D eigenvalue weighted by molar-refractivity contribution is -0.137. The molecule has 1 atom stereocenters. The highest BCUT2D eigenvalue weighted by Gasteiger charge is 2.32. The van der Waals surface area contributed by atoms with Gasteiger partial charge in [0.05, 0.1) is 15.8 Å². The van der Waals surface area contributed by atoms with Crippen molar-refractivity contribution in [1.82, 2.24) is 14.6 Å². The number of benzene rings is 1. The van der Waals surface area contributed by atoms with E-state index in [1.807, 2.05) is 19.1 Å². The van der Waals surface area contributed by atoms with Crippen molar-refractivity contribution in [2.75, 3.05) is 0 Å². The number of carbonyl (C=O) groups is 1. The number of alkyl halides is 3. The summed E-state index contributed by atoms with van der Waals surface area (Å²) in [7, 11) is 0. The molecule has 0 radical (unpaired) electrons. The first-order chi connectivity index (χ1) is 12.7. The molecule has 1 unspecified atom stereocenters. The third-order valence-electron chi connectivity index (χ3n) is 4.05. The highest BCUT2D eigenvalue weighted by atomic mass is 35.5. The quantitative estimate of drug-likeness (QED) is 0.419. The largest absolute Gasteiger partial charge is 0.417 e. The van der Waals surface area contributed by atoms with Crippen molar-refractivity contribution in [1.29, 1.82) is 0 Å². The van der Waals surface area contributed by atoms with E-state index in [9.17, 15) is 18.0 Å². The van der Waals surface area contributed by atoms with Crippen LogP contribution in [0.3, 0.4) is 0 Å². The molecular formula is C18H15ClF3N3OS. The third-order valence-corrected chi connectivity index (χ3v) is 5.39. The summed E-state index contributed by atoms with van der Waals surface area (Å²) in [5.41, 5.74) is 0.856. The van der Waals surface area contributed by atoms with Crippen LogP contribution in [0, 0.1) is 0 Å². The Kier molecular flexibility index (Phi) is 5.48. The van der Waals surface area contributed by atoms with Gasteiger partial charge in [-0.25, -0.2) is 0 Å². The zero-order valence-corrected chi connectivity index (χ0v) is 16.0. The van der Waals surface area contributed by atoms with Gasteiger partial charge in [-0.1, -0.05) is 54.6 Å². The number of aromatic nitrogens is 3. The summed E-state index contributed by atoms with van der Waals surface area (Å²) >= 11 is 6.94. The van der Waals surface area contributed by atoms with E-state index in [0.29, 0.717) is 5.56 Å². The molecule has 2 heterocycles. The Morgan fingerprint density at radius 2 is 1.93 bits per heavy atom. The molecule has 142 valence electrons. The number of halogens is 4. The van der Waals surface area contributed by atoms with Gasteiger partial charge >= 0.3 is 6.18 Å². The number of ketones is 1. The van der Waals surface area contributed by atoms with Crippen LogP contribution in [-0.2, 0) is 12.6 Å². The first-order valence-corrected chi connectivity index (χ1v) is 9.37. The smallest absolute Gasteiger partial charge is 0.293 e. The third kappa shape index (κ3) is 4.11. The van der Waals surface area contributed by atoms with Crippen molar-refractivity contribution in [3.8, 4) is 0 Å². The summed E-state index contributed by atoms with van der Waals surface area (Å²) in [6.07, 6.45) is -2.80. The maximum atomic E-state index is 13.0. The average Bonchev–Trinajstić information content (AvgIpc) is 3.04. The monoisotopic (exact) mass is 413 g/mol. The topological polar surface area (TPSA) is 47.3 Å². The summed E-state index contributed by atoms with van der Waals surface area (Å²) in [5.74, 6) is -0.141. The summed E-state index contributed by atoms with van der Waals surface area (Å²) in [6, 6.07) is 8.07. The number of hydrogen-bond donors (Lipinski definition) is 0. The number of carbonyl (C=O) groups excluding carboxylic acids is 1. The van der Waals surface area contributed by atoms with E-state index in [1.54, 1.807) is 19.1 Å². The van der Waals surface area contributed by atoms with E-state index >= 15 is 0 Å². The van der Waals surface area contributed by atoms with Gasteiger partial charge in [0.2, 0.25) is 0 Å². The molecule has 0 fully saturated rings. The summed E-state index contributed by atoms with van der Waals surface area (Å²) in [5, 5.41) is 7.18. The van der Waals surface area contributed by atoms with Crippen LogP contribution in [0.15, 0.2) is 41.7 Å². The van der Waals surface area contributed by atoms with Gasteiger partial charge in [0.15, 0.2) is 16.6 Å². The van der Waals surface area contributed by atoms with E-state index < -0.39 is 17.0 Å². The fraction of sp³-hybridized carbons (Fsp3) is 0.278. The van der Waals surface area contributed by atoms with Crippen LogP contribution in [0.1, 0.15) is 35.3 Å². The molecule has 1 aromatic carbocycles. The van der Waals surface area contributed by atoms with Crippen LogP contribution in [-0.4, -0.2) is 25.6 Å². The number of thioether (sulfide) groups is 1. The molecule has 2 aromatic heterocycles. The van der Waals surface area contributed by atoms with Crippen molar-refractivity contribution < 1.29 is 18.0 Å². The Morgan fingerprint density at radius 1 is 1.26 bits per heavy atom. The molecule has 0 aliphatic rings. The number of rotatable bonds is 5. The molecule has 0 aliphatic carbocycles. The lowest BCUT2D eigenvalue weighted by Gasteiger charge is -2.11. The Labute approximate surface area is 162 Å². The predicted octanol–water partition coefficient (Wildman–Crippen LogP) is 5.33.